The Morgan fingerprint density at radius 2 is 1.75 bits per heavy atom. The Labute approximate surface area is 137 Å². The molecule has 126 valence electrons. The molecule has 1 fully saturated rings. The fourth-order valence-electron chi connectivity index (χ4n) is 2.75. The normalized spacial score (nSPS) is 16.5. The van der Waals surface area contributed by atoms with Gasteiger partial charge in [-0.15, -0.1) is 0 Å². The van der Waals surface area contributed by atoms with E-state index in [-0.39, 0.29) is 6.54 Å². The molecule has 1 saturated carbocycles. The summed E-state index contributed by atoms with van der Waals surface area (Å²) >= 11 is 0. The number of benzene rings is 2. The van der Waals surface area contributed by atoms with Crippen LogP contribution in [0.25, 0.3) is 0 Å². The molecule has 2 aromatic rings. The van der Waals surface area contributed by atoms with E-state index in [2.05, 4.69) is 5.32 Å². The molecule has 0 aliphatic heterocycles. The second-order valence-electron chi connectivity index (χ2n) is 6.08. The average Bonchev–Trinajstić information content (AvgIpc) is 3.39. The number of aliphatic hydroxyl groups is 1. The Balaban J connectivity index is 1.70. The van der Waals surface area contributed by atoms with E-state index in [4.69, 9.17) is 0 Å². The van der Waals surface area contributed by atoms with Gasteiger partial charge in [-0.1, -0.05) is 30.3 Å². The fraction of sp³-hybridized carbons (Fsp3) is 0.278. The van der Waals surface area contributed by atoms with Gasteiger partial charge in [0, 0.05) is 12.0 Å². The largest absolute Gasteiger partial charge is 0.388 e. The second kappa shape index (κ2) is 6.28. The third-order valence-corrected chi connectivity index (χ3v) is 4.47. The summed E-state index contributed by atoms with van der Waals surface area (Å²) in [5, 5.41) is 13.0. The van der Waals surface area contributed by atoms with Crippen molar-refractivity contribution in [3.8, 4) is 0 Å². The van der Waals surface area contributed by atoms with Crippen LogP contribution < -0.4 is 5.32 Å². The molecule has 0 saturated heterocycles. The molecule has 1 atom stereocenters. The number of amides is 1. The molecule has 1 aliphatic rings. The van der Waals surface area contributed by atoms with Crippen molar-refractivity contribution >= 4 is 5.91 Å². The molecular weight excluding hydrogens is 319 g/mol. The van der Waals surface area contributed by atoms with Gasteiger partial charge in [0.2, 0.25) is 0 Å². The molecule has 2 aromatic carbocycles. The molecule has 0 aromatic heterocycles. The van der Waals surface area contributed by atoms with Gasteiger partial charge < -0.3 is 10.4 Å². The number of hydrogen-bond donors (Lipinski definition) is 2. The van der Waals surface area contributed by atoms with Gasteiger partial charge >= 0.3 is 0 Å². The number of carbonyl (C=O) groups is 1. The zero-order chi connectivity index (χ0) is 17.3. The van der Waals surface area contributed by atoms with Crippen molar-refractivity contribution in [1.29, 1.82) is 0 Å². The van der Waals surface area contributed by atoms with Crippen LogP contribution in [-0.2, 0) is 0 Å². The predicted octanol–water partition coefficient (Wildman–Crippen LogP) is 3.35. The average molecular weight is 335 g/mol. The second-order valence-corrected chi connectivity index (χ2v) is 6.08. The number of nitrogens with one attached hydrogen (secondary N) is 1. The first-order valence-electron chi connectivity index (χ1n) is 7.59. The van der Waals surface area contributed by atoms with Crippen molar-refractivity contribution in [2.75, 3.05) is 6.54 Å². The molecule has 1 amide bonds. The maximum absolute atomic E-state index is 13.6. The number of halogens is 3. The summed E-state index contributed by atoms with van der Waals surface area (Å²) in [4.78, 5) is 12.0. The fourth-order valence-corrected chi connectivity index (χ4v) is 2.75. The Kier molecular flexibility index (Phi) is 4.32. The van der Waals surface area contributed by atoms with Gasteiger partial charge in [-0.05, 0) is 30.5 Å². The van der Waals surface area contributed by atoms with Crippen LogP contribution in [-0.4, -0.2) is 17.6 Å². The van der Waals surface area contributed by atoms with Crippen LogP contribution in [0.4, 0.5) is 13.2 Å². The van der Waals surface area contributed by atoms with Crippen molar-refractivity contribution in [2.45, 2.75) is 18.9 Å². The van der Waals surface area contributed by atoms with E-state index in [0.717, 1.165) is 11.6 Å². The van der Waals surface area contributed by atoms with E-state index in [9.17, 15) is 23.1 Å². The molecule has 0 bridgehead atoms. The molecule has 3 rings (SSSR count). The van der Waals surface area contributed by atoms with Crippen molar-refractivity contribution in [2.24, 2.45) is 5.41 Å². The summed E-state index contributed by atoms with van der Waals surface area (Å²) in [6.07, 6.45) is 0.668. The molecule has 0 heterocycles. The first-order valence-corrected chi connectivity index (χ1v) is 7.59. The van der Waals surface area contributed by atoms with Crippen LogP contribution in [0.1, 0.15) is 34.9 Å². The summed E-state index contributed by atoms with van der Waals surface area (Å²) in [5.74, 6) is -5.37. The van der Waals surface area contributed by atoms with E-state index in [1.165, 1.54) is 0 Å². The van der Waals surface area contributed by atoms with Crippen molar-refractivity contribution in [1.82, 2.24) is 5.32 Å². The van der Waals surface area contributed by atoms with E-state index in [1.54, 1.807) is 12.1 Å². The highest BCUT2D eigenvalue weighted by molar-refractivity contribution is 5.94. The third kappa shape index (κ3) is 3.01. The highest BCUT2D eigenvalue weighted by Gasteiger charge is 2.49. The standard InChI is InChI=1S/C18H16F3NO2/c19-13-7-6-12(14(20)15(13)21)17(24)22-10-18(8-9-18)16(23)11-4-2-1-3-5-11/h1-7,16,23H,8-10H2,(H,22,24). The number of carbonyl (C=O) groups excluding carboxylic acids is 1. The molecule has 3 nitrogen and oxygen atoms in total. The molecule has 24 heavy (non-hydrogen) atoms. The lowest BCUT2D eigenvalue weighted by molar-refractivity contribution is 0.0805. The molecule has 0 spiro atoms. The summed E-state index contributed by atoms with van der Waals surface area (Å²) in [6.45, 7) is 0.125. The lowest BCUT2D eigenvalue weighted by atomic mass is 9.92. The molecule has 0 radical (unpaired) electrons. The van der Waals surface area contributed by atoms with Crippen LogP contribution >= 0.6 is 0 Å². The van der Waals surface area contributed by atoms with Crippen molar-refractivity contribution in [3.05, 3.63) is 71.0 Å². The monoisotopic (exact) mass is 335 g/mol. The van der Waals surface area contributed by atoms with Gasteiger partial charge in [0.15, 0.2) is 17.5 Å². The van der Waals surface area contributed by atoms with Gasteiger partial charge in [0.05, 0.1) is 11.7 Å². The minimum absolute atomic E-state index is 0.125. The maximum atomic E-state index is 13.6. The summed E-state index contributed by atoms with van der Waals surface area (Å²) in [7, 11) is 0. The molecule has 1 unspecified atom stereocenters. The Morgan fingerprint density at radius 3 is 2.38 bits per heavy atom. The van der Waals surface area contributed by atoms with Gasteiger partial charge in [0.1, 0.15) is 0 Å². The van der Waals surface area contributed by atoms with E-state index >= 15 is 0 Å². The highest BCUT2D eigenvalue weighted by atomic mass is 19.2. The highest BCUT2D eigenvalue weighted by Crippen LogP contribution is 2.54. The Morgan fingerprint density at radius 1 is 1.08 bits per heavy atom. The Bertz CT molecular complexity index is 760. The summed E-state index contributed by atoms with van der Waals surface area (Å²) in [6, 6.07) is 10.6. The zero-order valence-corrected chi connectivity index (χ0v) is 12.7. The minimum atomic E-state index is -1.67. The minimum Gasteiger partial charge on any atom is -0.388 e. The van der Waals surface area contributed by atoms with Gasteiger partial charge in [-0.3, -0.25) is 4.79 Å². The van der Waals surface area contributed by atoms with Crippen LogP contribution in [0.5, 0.6) is 0 Å². The lowest BCUT2D eigenvalue weighted by Gasteiger charge is -2.23. The van der Waals surface area contributed by atoms with Gasteiger partial charge in [0.25, 0.3) is 5.91 Å². The number of aliphatic hydroxyl groups excluding tert-OH is 1. The van der Waals surface area contributed by atoms with Crippen molar-refractivity contribution in [3.63, 3.8) is 0 Å². The van der Waals surface area contributed by atoms with Crippen LogP contribution in [0.2, 0.25) is 0 Å². The molecule has 2 N–H and O–H groups in total. The summed E-state index contributed by atoms with van der Waals surface area (Å²) < 4.78 is 39.8. The topological polar surface area (TPSA) is 49.3 Å². The number of hydrogen-bond acceptors (Lipinski definition) is 2. The molecule has 6 heteroatoms. The third-order valence-electron chi connectivity index (χ3n) is 4.47. The van der Waals surface area contributed by atoms with E-state index in [0.29, 0.717) is 18.9 Å². The maximum Gasteiger partial charge on any atom is 0.254 e. The SMILES string of the molecule is O=C(NCC1(C(O)c2ccccc2)CC1)c1ccc(F)c(F)c1F. The first-order chi connectivity index (χ1) is 11.4. The smallest absolute Gasteiger partial charge is 0.254 e. The Hall–Kier alpha value is -2.34. The predicted molar refractivity (Wildman–Crippen MR) is 81.7 cm³/mol. The number of rotatable bonds is 5. The van der Waals surface area contributed by atoms with Gasteiger partial charge in [-0.2, -0.15) is 0 Å². The zero-order valence-electron chi connectivity index (χ0n) is 12.7. The molecular formula is C18H16F3NO2. The quantitative estimate of drug-likeness (QED) is 0.824. The summed E-state index contributed by atoms with van der Waals surface area (Å²) in [5.41, 5.74) is -0.325. The van der Waals surface area contributed by atoms with Crippen molar-refractivity contribution < 1.29 is 23.1 Å². The van der Waals surface area contributed by atoms with Gasteiger partial charge in [-0.25, -0.2) is 13.2 Å². The first kappa shape index (κ1) is 16.5. The van der Waals surface area contributed by atoms with Crippen LogP contribution in [0.15, 0.2) is 42.5 Å². The van der Waals surface area contributed by atoms with E-state index < -0.39 is 40.4 Å². The molecule has 1 aliphatic carbocycles. The van der Waals surface area contributed by atoms with E-state index in [1.807, 2.05) is 18.2 Å². The van der Waals surface area contributed by atoms with Crippen LogP contribution in [0.3, 0.4) is 0 Å². The van der Waals surface area contributed by atoms with Crippen LogP contribution in [0, 0.1) is 22.9 Å². The lowest BCUT2D eigenvalue weighted by Crippen LogP contribution is -2.34.